The maximum absolute atomic E-state index is 11.2. The van der Waals surface area contributed by atoms with Gasteiger partial charge in [-0.3, -0.25) is 10.1 Å². The van der Waals surface area contributed by atoms with Gasteiger partial charge in [0.05, 0.1) is 11.5 Å². The number of nitrogens with one attached hydrogen (secondary N) is 1. The molecule has 110 valence electrons. The molecule has 2 N–H and O–H groups in total. The lowest BCUT2D eigenvalue weighted by molar-refractivity contribution is -0.384. The molecule has 7 heteroatoms. The highest BCUT2D eigenvalue weighted by Crippen LogP contribution is 2.31. The number of halogens is 1. The second-order valence-corrected chi connectivity index (χ2v) is 5.77. The van der Waals surface area contributed by atoms with Gasteiger partial charge in [-0.15, -0.1) is 0 Å². The predicted octanol–water partition coefficient (Wildman–Crippen LogP) is 1.91. The molecule has 0 radical (unpaired) electrons. The number of benzene rings is 1. The van der Waals surface area contributed by atoms with Gasteiger partial charge in [0.2, 0.25) is 0 Å². The van der Waals surface area contributed by atoms with Gasteiger partial charge < -0.3 is 15.3 Å². The minimum Gasteiger partial charge on any atom is -0.395 e. The highest BCUT2D eigenvalue weighted by atomic mass is 79.9. The van der Waals surface area contributed by atoms with E-state index in [1.807, 2.05) is 4.90 Å². The van der Waals surface area contributed by atoms with E-state index in [9.17, 15) is 15.2 Å². The topological polar surface area (TPSA) is 78.6 Å². The van der Waals surface area contributed by atoms with Crippen molar-refractivity contribution in [2.24, 2.45) is 0 Å². The molecule has 1 unspecified atom stereocenters. The molecule has 0 spiro atoms. The van der Waals surface area contributed by atoms with Gasteiger partial charge >= 0.3 is 0 Å². The zero-order chi connectivity index (χ0) is 14.5. The molecule has 1 atom stereocenters. The fourth-order valence-electron chi connectivity index (χ4n) is 2.51. The van der Waals surface area contributed by atoms with Crippen LogP contribution in [-0.2, 0) is 0 Å². The van der Waals surface area contributed by atoms with E-state index in [2.05, 4.69) is 21.2 Å². The van der Waals surface area contributed by atoms with Crippen molar-refractivity contribution in [3.63, 3.8) is 0 Å². The van der Waals surface area contributed by atoms with E-state index in [1.165, 1.54) is 6.07 Å². The summed E-state index contributed by atoms with van der Waals surface area (Å²) in [5, 5.41) is 23.8. The minimum atomic E-state index is -0.381. The number of aliphatic hydroxyl groups excluding tert-OH is 1. The highest BCUT2D eigenvalue weighted by Gasteiger charge is 2.23. The van der Waals surface area contributed by atoms with Gasteiger partial charge in [0.1, 0.15) is 5.69 Å². The van der Waals surface area contributed by atoms with Crippen LogP contribution in [-0.4, -0.2) is 42.3 Å². The number of nitro groups is 1. The van der Waals surface area contributed by atoms with Crippen LogP contribution >= 0.6 is 15.9 Å². The Kier molecular flexibility index (Phi) is 5.33. The normalized spacial score (nSPS) is 18.2. The van der Waals surface area contributed by atoms with Crippen LogP contribution in [0.15, 0.2) is 22.7 Å². The summed E-state index contributed by atoms with van der Waals surface area (Å²) in [6, 6.07) is 5.21. The van der Waals surface area contributed by atoms with E-state index >= 15 is 0 Å². The first kappa shape index (κ1) is 15.2. The Morgan fingerprint density at radius 3 is 2.95 bits per heavy atom. The second-order valence-electron chi connectivity index (χ2n) is 4.85. The lowest BCUT2D eigenvalue weighted by Crippen LogP contribution is -2.39. The summed E-state index contributed by atoms with van der Waals surface area (Å²) in [7, 11) is 0. The van der Waals surface area contributed by atoms with Crippen molar-refractivity contribution in [1.82, 2.24) is 5.32 Å². The molecule has 1 saturated heterocycles. The first-order valence-corrected chi connectivity index (χ1v) is 7.44. The quantitative estimate of drug-likeness (QED) is 0.609. The van der Waals surface area contributed by atoms with Crippen molar-refractivity contribution in [2.45, 2.75) is 18.9 Å². The van der Waals surface area contributed by atoms with Gasteiger partial charge in [-0.2, -0.15) is 0 Å². The Labute approximate surface area is 126 Å². The second kappa shape index (κ2) is 7.01. The molecule has 2 rings (SSSR count). The summed E-state index contributed by atoms with van der Waals surface area (Å²) in [5.74, 6) is 0. The molecule has 0 saturated carbocycles. The average molecular weight is 344 g/mol. The van der Waals surface area contributed by atoms with E-state index in [4.69, 9.17) is 0 Å². The molecule has 1 fully saturated rings. The van der Waals surface area contributed by atoms with Crippen LogP contribution in [0.25, 0.3) is 0 Å². The predicted molar refractivity (Wildman–Crippen MR) is 81.1 cm³/mol. The summed E-state index contributed by atoms with van der Waals surface area (Å²) >= 11 is 3.35. The van der Waals surface area contributed by atoms with Crippen molar-refractivity contribution < 1.29 is 10.0 Å². The van der Waals surface area contributed by atoms with E-state index in [-0.39, 0.29) is 17.2 Å². The SMILES string of the molecule is O=[N+]([O-])c1ccc(Br)cc1N(CCO)CC1CCCN1. The summed E-state index contributed by atoms with van der Waals surface area (Å²) in [4.78, 5) is 12.7. The maximum atomic E-state index is 11.2. The Hall–Kier alpha value is -1.18. The molecule has 0 aliphatic carbocycles. The number of anilines is 1. The van der Waals surface area contributed by atoms with Gasteiger partial charge in [-0.25, -0.2) is 0 Å². The van der Waals surface area contributed by atoms with Crippen molar-refractivity contribution >= 4 is 27.3 Å². The van der Waals surface area contributed by atoms with Crippen LogP contribution in [0.5, 0.6) is 0 Å². The first-order chi connectivity index (χ1) is 9.61. The number of aliphatic hydroxyl groups is 1. The van der Waals surface area contributed by atoms with Crippen LogP contribution in [0.2, 0.25) is 0 Å². The fraction of sp³-hybridized carbons (Fsp3) is 0.538. The van der Waals surface area contributed by atoms with Crippen molar-refractivity contribution in [3.8, 4) is 0 Å². The molecule has 1 aliphatic rings. The zero-order valence-corrected chi connectivity index (χ0v) is 12.7. The average Bonchev–Trinajstić information content (AvgIpc) is 2.90. The standard InChI is InChI=1S/C13H18BrN3O3/c14-10-3-4-12(17(19)20)13(8-10)16(6-7-18)9-11-2-1-5-15-11/h3-4,8,11,15,18H,1-2,5-7,9H2. The van der Waals surface area contributed by atoms with Gasteiger partial charge in [0, 0.05) is 29.7 Å². The Balaban J connectivity index is 2.26. The number of nitrogens with zero attached hydrogens (tertiary/aromatic N) is 2. The lowest BCUT2D eigenvalue weighted by atomic mass is 10.2. The van der Waals surface area contributed by atoms with E-state index in [0.29, 0.717) is 24.8 Å². The highest BCUT2D eigenvalue weighted by molar-refractivity contribution is 9.10. The van der Waals surface area contributed by atoms with E-state index < -0.39 is 0 Å². The van der Waals surface area contributed by atoms with Crippen LogP contribution in [0, 0.1) is 10.1 Å². The third-order valence-electron chi connectivity index (χ3n) is 3.45. The van der Waals surface area contributed by atoms with Crippen molar-refractivity contribution in [2.75, 3.05) is 31.1 Å². The van der Waals surface area contributed by atoms with Gasteiger partial charge in [-0.1, -0.05) is 15.9 Å². The summed E-state index contributed by atoms with van der Waals surface area (Å²) < 4.78 is 0.792. The minimum absolute atomic E-state index is 0.0314. The molecule has 0 bridgehead atoms. The van der Waals surface area contributed by atoms with Gasteiger partial charge in [0.25, 0.3) is 5.69 Å². The molecule has 1 heterocycles. The molecule has 0 aromatic heterocycles. The number of rotatable bonds is 6. The van der Waals surface area contributed by atoms with Crippen LogP contribution < -0.4 is 10.2 Å². The lowest BCUT2D eigenvalue weighted by Gasteiger charge is -2.27. The first-order valence-electron chi connectivity index (χ1n) is 6.65. The monoisotopic (exact) mass is 343 g/mol. The molecule has 6 nitrogen and oxygen atoms in total. The molecule has 20 heavy (non-hydrogen) atoms. The van der Waals surface area contributed by atoms with Crippen LogP contribution in [0.3, 0.4) is 0 Å². The largest absolute Gasteiger partial charge is 0.395 e. The molecule has 0 amide bonds. The molecular weight excluding hydrogens is 326 g/mol. The maximum Gasteiger partial charge on any atom is 0.292 e. The van der Waals surface area contributed by atoms with Gasteiger partial charge in [0.15, 0.2) is 0 Å². The van der Waals surface area contributed by atoms with Crippen molar-refractivity contribution in [3.05, 3.63) is 32.8 Å². The van der Waals surface area contributed by atoms with Crippen LogP contribution in [0.1, 0.15) is 12.8 Å². The summed E-state index contributed by atoms with van der Waals surface area (Å²) in [6.07, 6.45) is 2.18. The Morgan fingerprint density at radius 1 is 1.55 bits per heavy atom. The number of hydrogen-bond donors (Lipinski definition) is 2. The van der Waals surface area contributed by atoms with Crippen molar-refractivity contribution in [1.29, 1.82) is 0 Å². The van der Waals surface area contributed by atoms with Gasteiger partial charge in [-0.05, 0) is 31.5 Å². The fourth-order valence-corrected chi connectivity index (χ4v) is 2.86. The van der Waals surface area contributed by atoms with E-state index in [1.54, 1.807) is 12.1 Å². The zero-order valence-electron chi connectivity index (χ0n) is 11.1. The summed E-state index contributed by atoms with van der Waals surface area (Å²) in [6.45, 7) is 2.00. The Bertz CT molecular complexity index is 478. The Morgan fingerprint density at radius 2 is 2.35 bits per heavy atom. The smallest absolute Gasteiger partial charge is 0.292 e. The third-order valence-corrected chi connectivity index (χ3v) is 3.94. The van der Waals surface area contributed by atoms with E-state index in [0.717, 1.165) is 23.9 Å². The third kappa shape index (κ3) is 3.68. The van der Waals surface area contributed by atoms with Crippen LogP contribution in [0.4, 0.5) is 11.4 Å². The molecule has 1 aliphatic heterocycles. The number of nitro benzene ring substituents is 1. The molecular formula is C13H18BrN3O3. The number of hydrogen-bond acceptors (Lipinski definition) is 5. The molecule has 1 aromatic carbocycles. The molecule has 1 aromatic rings. The summed E-state index contributed by atoms with van der Waals surface area (Å²) in [5.41, 5.74) is 0.617.